The predicted octanol–water partition coefficient (Wildman–Crippen LogP) is 1.42. The first-order valence-electron chi connectivity index (χ1n) is 5.46. The molecular formula is C12H19ClN2O4. The molecule has 0 saturated heterocycles. The topological polar surface area (TPSA) is 82.8 Å². The van der Waals surface area contributed by atoms with Crippen molar-refractivity contribution in [2.45, 2.75) is 6.42 Å². The lowest BCUT2D eigenvalue weighted by molar-refractivity contribution is -0.116. The zero-order valence-electron chi connectivity index (χ0n) is 11.2. The number of ether oxygens (including phenoxy) is 3. The first-order valence-corrected chi connectivity index (χ1v) is 5.46. The van der Waals surface area contributed by atoms with Crippen molar-refractivity contribution in [3.8, 4) is 17.2 Å². The summed E-state index contributed by atoms with van der Waals surface area (Å²) in [5.74, 6) is 1.37. The molecule has 3 N–H and O–H groups in total. The number of carbonyl (C=O) groups excluding carboxylic acids is 1. The molecule has 108 valence electrons. The third kappa shape index (κ3) is 4.50. The average molecular weight is 291 g/mol. The first kappa shape index (κ1) is 17.3. The second-order valence-corrected chi connectivity index (χ2v) is 3.49. The van der Waals surface area contributed by atoms with Crippen molar-refractivity contribution in [1.29, 1.82) is 0 Å². The first-order chi connectivity index (χ1) is 8.65. The molecule has 1 rings (SSSR count). The molecule has 0 heterocycles. The van der Waals surface area contributed by atoms with E-state index in [2.05, 4.69) is 5.32 Å². The molecule has 0 aliphatic heterocycles. The fraction of sp³-hybridized carbons (Fsp3) is 0.417. The molecule has 0 aliphatic rings. The number of methoxy groups -OCH3 is 3. The summed E-state index contributed by atoms with van der Waals surface area (Å²) in [6.07, 6.45) is 0.248. The number of halogens is 1. The number of rotatable bonds is 6. The van der Waals surface area contributed by atoms with Gasteiger partial charge in [0.05, 0.1) is 27.0 Å². The van der Waals surface area contributed by atoms with Gasteiger partial charge in [0, 0.05) is 25.1 Å². The summed E-state index contributed by atoms with van der Waals surface area (Å²) in [7, 11) is 4.57. The van der Waals surface area contributed by atoms with Crippen LogP contribution in [-0.4, -0.2) is 33.8 Å². The summed E-state index contributed by atoms with van der Waals surface area (Å²) in [4.78, 5) is 11.5. The summed E-state index contributed by atoms with van der Waals surface area (Å²) in [6.45, 7) is 0.293. The lowest BCUT2D eigenvalue weighted by Gasteiger charge is -2.14. The average Bonchev–Trinajstić information content (AvgIpc) is 2.38. The van der Waals surface area contributed by atoms with Crippen LogP contribution >= 0.6 is 12.4 Å². The summed E-state index contributed by atoms with van der Waals surface area (Å²) >= 11 is 0. The highest BCUT2D eigenvalue weighted by Gasteiger charge is 2.13. The Bertz CT molecular complexity index is 426. The van der Waals surface area contributed by atoms with E-state index in [-0.39, 0.29) is 24.7 Å². The van der Waals surface area contributed by atoms with Crippen LogP contribution in [0.5, 0.6) is 17.2 Å². The number of nitrogens with one attached hydrogen (secondary N) is 1. The highest BCUT2D eigenvalue weighted by atomic mass is 35.5. The molecule has 0 aromatic heterocycles. The number of hydrogen-bond donors (Lipinski definition) is 2. The molecule has 0 spiro atoms. The molecule has 1 amide bonds. The van der Waals surface area contributed by atoms with Gasteiger partial charge in [0.25, 0.3) is 0 Å². The lowest BCUT2D eigenvalue weighted by atomic mass is 10.2. The largest absolute Gasteiger partial charge is 0.494 e. The van der Waals surface area contributed by atoms with Gasteiger partial charge in [-0.1, -0.05) is 0 Å². The minimum Gasteiger partial charge on any atom is -0.494 e. The van der Waals surface area contributed by atoms with Gasteiger partial charge in [-0.2, -0.15) is 0 Å². The SMILES string of the molecule is COc1cc(OC)c(OC)cc1NC(=O)CCN.Cl. The van der Waals surface area contributed by atoms with Crippen molar-refractivity contribution in [3.63, 3.8) is 0 Å². The Balaban J connectivity index is 0.00000324. The van der Waals surface area contributed by atoms with Crippen LogP contribution in [0.4, 0.5) is 5.69 Å². The van der Waals surface area contributed by atoms with Crippen LogP contribution < -0.4 is 25.3 Å². The Kier molecular flexibility index (Phi) is 7.71. The predicted molar refractivity (Wildman–Crippen MR) is 75.6 cm³/mol. The van der Waals surface area contributed by atoms with Crippen molar-refractivity contribution in [3.05, 3.63) is 12.1 Å². The molecule has 1 aromatic carbocycles. The molecule has 0 unspecified atom stereocenters. The van der Waals surface area contributed by atoms with Gasteiger partial charge < -0.3 is 25.3 Å². The lowest BCUT2D eigenvalue weighted by Crippen LogP contribution is -2.16. The highest BCUT2D eigenvalue weighted by molar-refractivity contribution is 5.93. The minimum atomic E-state index is -0.178. The van der Waals surface area contributed by atoms with Crippen LogP contribution in [0, 0.1) is 0 Å². The quantitative estimate of drug-likeness (QED) is 0.828. The Hall–Kier alpha value is -1.66. The Morgan fingerprint density at radius 2 is 1.63 bits per heavy atom. The van der Waals surface area contributed by atoms with E-state index in [0.717, 1.165) is 0 Å². The molecule has 0 radical (unpaired) electrons. The zero-order valence-corrected chi connectivity index (χ0v) is 12.0. The normalized spacial score (nSPS) is 9.26. The van der Waals surface area contributed by atoms with Crippen molar-refractivity contribution in [1.82, 2.24) is 0 Å². The second kappa shape index (κ2) is 8.44. The summed E-state index contributed by atoms with van der Waals surface area (Å²) in [5, 5.41) is 2.71. The molecule has 7 heteroatoms. The van der Waals surface area contributed by atoms with Crippen molar-refractivity contribution < 1.29 is 19.0 Å². The third-order valence-electron chi connectivity index (χ3n) is 2.35. The van der Waals surface area contributed by atoms with E-state index in [9.17, 15) is 4.79 Å². The fourth-order valence-corrected chi connectivity index (χ4v) is 1.47. The van der Waals surface area contributed by atoms with Crippen LogP contribution in [0.3, 0.4) is 0 Å². The molecule has 0 fully saturated rings. The third-order valence-corrected chi connectivity index (χ3v) is 2.35. The number of amides is 1. The summed E-state index contributed by atoms with van der Waals surface area (Å²) < 4.78 is 15.5. The smallest absolute Gasteiger partial charge is 0.225 e. The number of anilines is 1. The number of nitrogens with two attached hydrogens (primary N) is 1. The van der Waals surface area contributed by atoms with E-state index in [1.807, 2.05) is 0 Å². The molecule has 0 atom stereocenters. The highest BCUT2D eigenvalue weighted by Crippen LogP contribution is 2.37. The van der Waals surface area contributed by atoms with E-state index in [4.69, 9.17) is 19.9 Å². The maximum atomic E-state index is 11.5. The van der Waals surface area contributed by atoms with E-state index >= 15 is 0 Å². The van der Waals surface area contributed by atoms with Crippen molar-refractivity contribution in [2.24, 2.45) is 5.73 Å². The molecular weight excluding hydrogens is 272 g/mol. The van der Waals surface area contributed by atoms with Crippen LogP contribution in [-0.2, 0) is 4.79 Å². The fourth-order valence-electron chi connectivity index (χ4n) is 1.47. The van der Waals surface area contributed by atoms with E-state index in [1.54, 1.807) is 12.1 Å². The summed E-state index contributed by atoms with van der Waals surface area (Å²) in [6, 6.07) is 3.29. The summed E-state index contributed by atoms with van der Waals surface area (Å²) in [5.41, 5.74) is 5.84. The standard InChI is InChI=1S/C12H18N2O4.ClH/c1-16-9-7-11(18-3)10(17-2)6-8(9)14-12(15)4-5-13;/h6-7H,4-5,13H2,1-3H3,(H,14,15);1H. The van der Waals surface area contributed by atoms with Gasteiger partial charge in [0.2, 0.25) is 5.91 Å². The van der Waals surface area contributed by atoms with Gasteiger partial charge in [-0.05, 0) is 0 Å². The van der Waals surface area contributed by atoms with E-state index in [1.165, 1.54) is 21.3 Å². The Morgan fingerprint density at radius 3 is 2.11 bits per heavy atom. The van der Waals surface area contributed by atoms with Crippen molar-refractivity contribution in [2.75, 3.05) is 33.2 Å². The molecule has 19 heavy (non-hydrogen) atoms. The molecule has 0 bridgehead atoms. The van der Waals surface area contributed by atoms with Crippen LogP contribution in [0.15, 0.2) is 12.1 Å². The molecule has 0 saturated carbocycles. The molecule has 1 aromatic rings. The maximum Gasteiger partial charge on any atom is 0.225 e. The van der Waals surface area contributed by atoms with Gasteiger partial charge in [0.15, 0.2) is 11.5 Å². The number of hydrogen-bond acceptors (Lipinski definition) is 5. The monoisotopic (exact) mass is 290 g/mol. The molecule has 0 aliphatic carbocycles. The van der Waals surface area contributed by atoms with Gasteiger partial charge in [0.1, 0.15) is 5.75 Å². The number of carbonyl (C=O) groups is 1. The van der Waals surface area contributed by atoms with Crippen LogP contribution in [0.1, 0.15) is 6.42 Å². The van der Waals surface area contributed by atoms with Gasteiger partial charge in [-0.15, -0.1) is 12.4 Å². The molecule has 6 nitrogen and oxygen atoms in total. The van der Waals surface area contributed by atoms with Gasteiger partial charge in [-0.25, -0.2) is 0 Å². The Labute approximate surface area is 118 Å². The number of benzene rings is 1. The van der Waals surface area contributed by atoms with E-state index < -0.39 is 0 Å². The zero-order chi connectivity index (χ0) is 13.5. The van der Waals surface area contributed by atoms with Crippen LogP contribution in [0.2, 0.25) is 0 Å². The van der Waals surface area contributed by atoms with Gasteiger partial charge >= 0.3 is 0 Å². The Morgan fingerprint density at radius 1 is 1.11 bits per heavy atom. The van der Waals surface area contributed by atoms with Gasteiger partial charge in [-0.3, -0.25) is 4.79 Å². The maximum absolute atomic E-state index is 11.5. The van der Waals surface area contributed by atoms with Crippen LogP contribution in [0.25, 0.3) is 0 Å². The van der Waals surface area contributed by atoms with E-state index in [0.29, 0.717) is 29.5 Å². The second-order valence-electron chi connectivity index (χ2n) is 3.49. The van der Waals surface area contributed by atoms with Crippen molar-refractivity contribution >= 4 is 24.0 Å². The minimum absolute atomic E-state index is 0.